The number of nitro groups is 1. The second-order valence-electron chi connectivity index (χ2n) is 6.35. The minimum atomic E-state index is -0.698. The van der Waals surface area contributed by atoms with Gasteiger partial charge in [-0.25, -0.2) is 4.39 Å². The van der Waals surface area contributed by atoms with Crippen molar-refractivity contribution in [2.24, 2.45) is 5.92 Å². The molecular weight excluding hydrogens is 301 g/mol. The maximum absolute atomic E-state index is 13.7. The van der Waals surface area contributed by atoms with Gasteiger partial charge < -0.3 is 5.32 Å². The lowest BCUT2D eigenvalue weighted by Crippen LogP contribution is -2.45. The molecule has 0 bridgehead atoms. The van der Waals surface area contributed by atoms with E-state index in [1.54, 1.807) is 12.1 Å². The predicted molar refractivity (Wildman–Crippen MR) is 81.7 cm³/mol. The SMILES string of the molecule is O=C(NC1CCN(Cc2ccccc2F)CC1)[C@@H]1C[C@H]1[N+](=O)[O-]. The monoisotopic (exact) mass is 321 g/mol. The van der Waals surface area contributed by atoms with Crippen LogP contribution in [0.5, 0.6) is 0 Å². The van der Waals surface area contributed by atoms with Crippen LogP contribution in [0, 0.1) is 21.8 Å². The summed E-state index contributed by atoms with van der Waals surface area (Å²) in [6.07, 6.45) is 1.93. The van der Waals surface area contributed by atoms with Crippen LogP contribution in [-0.2, 0) is 11.3 Å². The van der Waals surface area contributed by atoms with E-state index in [-0.39, 0.29) is 22.7 Å². The zero-order chi connectivity index (χ0) is 16.4. The molecule has 3 rings (SSSR count). The Morgan fingerprint density at radius 2 is 2.04 bits per heavy atom. The number of halogens is 1. The zero-order valence-corrected chi connectivity index (χ0v) is 12.8. The molecule has 1 aromatic carbocycles. The van der Waals surface area contributed by atoms with Crippen LogP contribution in [0.15, 0.2) is 24.3 Å². The highest BCUT2D eigenvalue weighted by Gasteiger charge is 2.53. The van der Waals surface area contributed by atoms with Gasteiger partial charge in [0.25, 0.3) is 0 Å². The van der Waals surface area contributed by atoms with Gasteiger partial charge >= 0.3 is 0 Å². The van der Waals surface area contributed by atoms with E-state index >= 15 is 0 Å². The second-order valence-corrected chi connectivity index (χ2v) is 6.35. The molecule has 1 aromatic rings. The molecule has 1 N–H and O–H groups in total. The molecule has 124 valence electrons. The number of nitrogens with one attached hydrogen (secondary N) is 1. The van der Waals surface area contributed by atoms with Gasteiger partial charge in [-0.3, -0.25) is 19.8 Å². The zero-order valence-electron chi connectivity index (χ0n) is 12.8. The van der Waals surface area contributed by atoms with E-state index < -0.39 is 12.0 Å². The molecule has 1 aliphatic heterocycles. The fraction of sp³-hybridized carbons (Fsp3) is 0.562. The summed E-state index contributed by atoms with van der Waals surface area (Å²) in [6, 6.07) is 6.12. The highest BCUT2D eigenvalue weighted by atomic mass is 19.1. The third kappa shape index (κ3) is 3.85. The number of benzene rings is 1. The molecule has 1 heterocycles. The molecule has 1 saturated carbocycles. The van der Waals surface area contributed by atoms with Crippen LogP contribution in [0.1, 0.15) is 24.8 Å². The standard InChI is InChI=1S/C16H20FN3O3/c17-14-4-2-1-3-11(14)10-19-7-5-12(6-8-19)18-16(21)13-9-15(13)20(22)23/h1-4,12-13,15H,5-10H2,(H,18,21)/t13-,15-/m1/s1. The molecule has 1 aliphatic carbocycles. The van der Waals surface area contributed by atoms with Gasteiger partial charge in [0.1, 0.15) is 11.7 Å². The lowest BCUT2D eigenvalue weighted by atomic mass is 10.0. The van der Waals surface area contributed by atoms with Gasteiger partial charge in [0, 0.05) is 42.6 Å². The predicted octanol–water partition coefficient (Wildman–Crippen LogP) is 1.57. The molecule has 7 heteroatoms. The Balaban J connectivity index is 1.43. The van der Waals surface area contributed by atoms with Gasteiger partial charge in [0.15, 0.2) is 0 Å². The third-order valence-corrected chi connectivity index (χ3v) is 4.65. The summed E-state index contributed by atoms with van der Waals surface area (Å²) in [7, 11) is 0. The first kappa shape index (κ1) is 15.9. The number of rotatable bonds is 5. The summed E-state index contributed by atoms with van der Waals surface area (Å²) in [5.41, 5.74) is 0.682. The third-order valence-electron chi connectivity index (χ3n) is 4.65. The Labute approximate surface area is 133 Å². The number of hydrogen-bond donors (Lipinski definition) is 1. The molecule has 6 nitrogen and oxygen atoms in total. The fourth-order valence-corrected chi connectivity index (χ4v) is 3.11. The number of amides is 1. The van der Waals surface area contributed by atoms with Crippen LogP contribution in [0.4, 0.5) is 4.39 Å². The van der Waals surface area contributed by atoms with Crippen LogP contribution in [-0.4, -0.2) is 40.9 Å². The number of nitrogens with zero attached hydrogens (tertiary/aromatic N) is 2. The van der Waals surface area contributed by atoms with Crippen LogP contribution < -0.4 is 5.32 Å². The number of piperidine rings is 1. The van der Waals surface area contributed by atoms with Gasteiger partial charge in [-0.15, -0.1) is 0 Å². The smallest absolute Gasteiger partial charge is 0.230 e. The van der Waals surface area contributed by atoms with E-state index in [2.05, 4.69) is 10.2 Å². The first-order valence-electron chi connectivity index (χ1n) is 7.94. The summed E-state index contributed by atoms with van der Waals surface area (Å²) >= 11 is 0. The molecule has 0 spiro atoms. The molecule has 1 amide bonds. The van der Waals surface area contributed by atoms with E-state index in [0.717, 1.165) is 25.9 Å². The normalized spacial score (nSPS) is 25.1. The Hall–Kier alpha value is -2.02. The lowest BCUT2D eigenvalue weighted by Gasteiger charge is -2.32. The van der Waals surface area contributed by atoms with Crippen molar-refractivity contribution < 1.29 is 14.1 Å². The molecule has 0 radical (unpaired) electrons. The van der Waals surface area contributed by atoms with Crippen molar-refractivity contribution in [2.75, 3.05) is 13.1 Å². The minimum absolute atomic E-state index is 0.0624. The fourth-order valence-electron chi connectivity index (χ4n) is 3.11. The summed E-state index contributed by atoms with van der Waals surface area (Å²) in [6.45, 7) is 2.13. The molecule has 2 aliphatic rings. The number of hydrogen-bond acceptors (Lipinski definition) is 4. The molecule has 1 saturated heterocycles. The second kappa shape index (κ2) is 6.62. The first-order chi connectivity index (χ1) is 11.0. The molecular formula is C16H20FN3O3. The summed E-state index contributed by atoms with van der Waals surface area (Å²) in [4.78, 5) is 24.3. The first-order valence-corrected chi connectivity index (χ1v) is 7.94. The van der Waals surface area contributed by atoms with Gasteiger partial charge in [0.05, 0.1) is 0 Å². The number of carbonyl (C=O) groups is 1. The van der Waals surface area contributed by atoms with Crippen LogP contribution in [0.25, 0.3) is 0 Å². The van der Waals surface area contributed by atoms with Crippen LogP contribution >= 0.6 is 0 Å². The van der Waals surface area contributed by atoms with E-state index in [1.807, 2.05) is 6.07 Å². The summed E-state index contributed by atoms with van der Waals surface area (Å²) in [5, 5.41) is 13.5. The topological polar surface area (TPSA) is 75.5 Å². The maximum atomic E-state index is 13.7. The summed E-state index contributed by atoms with van der Waals surface area (Å²) < 4.78 is 13.7. The molecule has 0 aromatic heterocycles. The Morgan fingerprint density at radius 3 is 2.65 bits per heavy atom. The highest BCUT2D eigenvalue weighted by Crippen LogP contribution is 2.33. The highest BCUT2D eigenvalue weighted by molar-refractivity contribution is 5.82. The van der Waals surface area contributed by atoms with Crippen molar-refractivity contribution in [1.82, 2.24) is 10.2 Å². The Morgan fingerprint density at radius 1 is 1.35 bits per heavy atom. The molecule has 23 heavy (non-hydrogen) atoms. The quantitative estimate of drug-likeness (QED) is 0.660. The van der Waals surface area contributed by atoms with Crippen LogP contribution in [0.3, 0.4) is 0 Å². The lowest BCUT2D eigenvalue weighted by molar-refractivity contribution is -0.497. The van der Waals surface area contributed by atoms with Gasteiger partial charge in [-0.2, -0.15) is 0 Å². The Kier molecular flexibility index (Phi) is 4.56. The van der Waals surface area contributed by atoms with E-state index in [9.17, 15) is 19.3 Å². The van der Waals surface area contributed by atoms with Crippen molar-refractivity contribution in [3.05, 3.63) is 45.8 Å². The maximum Gasteiger partial charge on any atom is 0.230 e. The van der Waals surface area contributed by atoms with Crippen molar-refractivity contribution >= 4 is 5.91 Å². The molecule has 0 unspecified atom stereocenters. The molecule has 2 fully saturated rings. The number of carbonyl (C=O) groups excluding carboxylic acids is 1. The van der Waals surface area contributed by atoms with Crippen molar-refractivity contribution in [1.29, 1.82) is 0 Å². The summed E-state index contributed by atoms with van der Waals surface area (Å²) in [5.74, 6) is -0.844. The van der Waals surface area contributed by atoms with Gasteiger partial charge in [0.2, 0.25) is 11.9 Å². The largest absolute Gasteiger partial charge is 0.353 e. The number of likely N-dealkylation sites (tertiary alicyclic amines) is 1. The average Bonchev–Trinajstić information content (AvgIpc) is 3.32. The van der Waals surface area contributed by atoms with Crippen LogP contribution in [0.2, 0.25) is 0 Å². The van der Waals surface area contributed by atoms with Gasteiger partial charge in [-0.05, 0) is 18.9 Å². The minimum Gasteiger partial charge on any atom is -0.353 e. The van der Waals surface area contributed by atoms with Crippen molar-refractivity contribution in [2.45, 2.75) is 37.9 Å². The Bertz CT molecular complexity index is 602. The van der Waals surface area contributed by atoms with E-state index in [0.29, 0.717) is 18.5 Å². The van der Waals surface area contributed by atoms with E-state index in [4.69, 9.17) is 0 Å². The van der Waals surface area contributed by atoms with E-state index in [1.165, 1.54) is 6.07 Å². The average molecular weight is 321 g/mol. The van der Waals surface area contributed by atoms with Crippen molar-refractivity contribution in [3.63, 3.8) is 0 Å². The molecule has 2 atom stereocenters. The van der Waals surface area contributed by atoms with Gasteiger partial charge in [-0.1, -0.05) is 18.2 Å². The van der Waals surface area contributed by atoms with Crippen molar-refractivity contribution in [3.8, 4) is 0 Å².